The number of carbonyl (C=O) groups is 2. The summed E-state index contributed by atoms with van der Waals surface area (Å²) in [5.74, 6) is -1.34. The zero-order valence-electron chi connectivity index (χ0n) is 9.19. The van der Waals surface area contributed by atoms with E-state index in [0.29, 0.717) is 19.7 Å². The van der Waals surface area contributed by atoms with E-state index in [1.54, 1.807) is 0 Å². The Bertz CT molecular complexity index is 234. The van der Waals surface area contributed by atoms with Gasteiger partial charge in [-0.3, -0.25) is 4.79 Å². The summed E-state index contributed by atoms with van der Waals surface area (Å²) in [7, 11) is 1.22. The van der Waals surface area contributed by atoms with Crippen LogP contribution in [-0.2, 0) is 19.1 Å². The molecule has 15 heavy (non-hydrogen) atoms. The van der Waals surface area contributed by atoms with Crippen LogP contribution in [0, 0.1) is 0 Å². The van der Waals surface area contributed by atoms with E-state index in [1.165, 1.54) is 12.0 Å². The molecule has 0 aromatic carbocycles. The monoisotopic (exact) mass is 215 g/mol. The number of rotatable bonds is 2. The molecule has 1 rings (SSSR count). The molecule has 1 aliphatic heterocycles. The van der Waals surface area contributed by atoms with Gasteiger partial charge in [-0.15, -0.1) is 0 Å². The van der Waals surface area contributed by atoms with Crippen LogP contribution in [0.5, 0.6) is 0 Å². The minimum Gasteiger partial charge on any atom is -0.462 e. The molecule has 0 radical (unpaired) electrons. The third-order valence-corrected chi connectivity index (χ3v) is 2.49. The zero-order chi connectivity index (χ0) is 11.3. The van der Waals surface area contributed by atoms with E-state index in [9.17, 15) is 9.59 Å². The number of amides is 1. The lowest BCUT2D eigenvalue weighted by Crippen LogP contribution is -2.44. The lowest BCUT2D eigenvalue weighted by molar-refractivity contribution is -0.159. The smallest absolute Gasteiger partial charge is 0.396 e. The summed E-state index contributed by atoms with van der Waals surface area (Å²) in [6.07, 6.45) is 1.80. The van der Waals surface area contributed by atoms with E-state index >= 15 is 0 Å². The van der Waals surface area contributed by atoms with E-state index in [1.807, 2.05) is 6.92 Å². The molecule has 0 aliphatic carbocycles. The number of esters is 1. The SMILES string of the molecule is CCOC1CCN(C(=O)C(=O)OC)CC1. The molecule has 0 aromatic rings. The summed E-state index contributed by atoms with van der Waals surface area (Å²) >= 11 is 0. The van der Waals surface area contributed by atoms with Gasteiger partial charge in [0.2, 0.25) is 0 Å². The van der Waals surface area contributed by atoms with Crippen LogP contribution in [0.1, 0.15) is 19.8 Å². The molecule has 5 nitrogen and oxygen atoms in total. The van der Waals surface area contributed by atoms with E-state index in [4.69, 9.17) is 4.74 Å². The highest BCUT2D eigenvalue weighted by molar-refractivity contribution is 6.32. The van der Waals surface area contributed by atoms with Crippen molar-refractivity contribution in [2.24, 2.45) is 0 Å². The fraction of sp³-hybridized carbons (Fsp3) is 0.800. The van der Waals surface area contributed by atoms with Crippen LogP contribution in [0.25, 0.3) is 0 Å². The van der Waals surface area contributed by atoms with Crippen molar-refractivity contribution in [2.75, 3.05) is 26.8 Å². The Morgan fingerprint density at radius 3 is 2.40 bits per heavy atom. The quantitative estimate of drug-likeness (QED) is 0.487. The van der Waals surface area contributed by atoms with Crippen molar-refractivity contribution in [2.45, 2.75) is 25.9 Å². The average molecular weight is 215 g/mol. The Morgan fingerprint density at radius 2 is 1.93 bits per heavy atom. The van der Waals surface area contributed by atoms with Crippen molar-refractivity contribution in [1.82, 2.24) is 4.90 Å². The van der Waals surface area contributed by atoms with Gasteiger partial charge in [-0.05, 0) is 19.8 Å². The van der Waals surface area contributed by atoms with Crippen LogP contribution >= 0.6 is 0 Å². The average Bonchev–Trinajstić information content (AvgIpc) is 2.28. The van der Waals surface area contributed by atoms with Gasteiger partial charge in [0.15, 0.2) is 0 Å². The summed E-state index contributed by atoms with van der Waals surface area (Å²) in [5, 5.41) is 0. The molecule has 5 heteroatoms. The van der Waals surface area contributed by atoms with Crippen molar-refractivity contribution in [1.29, 1.82) is 0 Å². The Kier molecular flexibility index (Phi) is 4.55. The molecule has 1 saturated heterocycles. The summed E-state index contributed by atoms with van der Waals surface area (Å²) in [6.45, 7) is 3.78. The molecule has 0 saturated carbocycles. The normalized spacial score (nSPS) is 17.6. The minimum absolute atomic E-state index is 0.219. The number of hydrogen-bond donors (Lipinski definition) is 0. The number of piperidine rings is 1. The maximum atomic E-state index is 11.4. The topological polar surface area (TPSA) is 55.8 Å². The molecule has 1 amide bonds. The Labute approximate surface area is 89.3 Å². The van der Waals surface area contributed by atoms with Crippen molar-refractivity contribution in [3.63, 3.8) is 0 Å². The lowest BCUT2D eigenvalue weighted by atomic mass is 10.1. The molecule has 1 aliphatic rings. The van der Waals surface area contributed by atoms with Gasteiger partial charge in [0.25, 0.3) is 0 Å². The molecular weight excluding hydrogens is 198 g/mol. The van der Waals surface area contributed by atoms with E-state index < -0.39 is 11.9 Å². The number of nitrogens with zero attached hydrogens (tertiary/aromatic N) is 1. The van der Waals surface area contributed by atoms with Gasteiger partial charge < -0.3 is 14.4 Å². The second-order valence-corrected chi connectivity index (χ2v) is 3.44. The van der Waals surface area contributed by atoms with Gasteiger partial charge in [0.1, 0.15) is 0 Å². The second-order valence-electron chi connectivity index (χ2n) is 3.44. The molecule has 1 fully saturated rings. The highest BCUT2D eigenvalue weighted by Gasteiger charge is 2.27. The van der Waals surface area contributed by atoms with Gasteiger partial charge in [-0.2, -0.15) is 0 Å². The Balaban J connectivity index is 2.37. The number of methoxy groups -OCH3 is 1. The van der Waals surface area contributed by atoms with Gasteiger partial charge in [-0.1, -0.05) is 0 Å². The lowest BCUT2D eigenvalue weighted by Gasteiger charge is -2.30. The van der Waals surface area contributed by atoms with Crippen LogP contribution in [0.4, 0.5) is 0 Å². The fourth-order valence-electron chi connectivity index (χ4n) is 1.68. The zero-order valence-corrected chi connectivity index (χ0v) is 9.19. The molecule has 0 atom stereocenters. The van der Waals surface area contributed by atoms with Crippen LogP contribution in [-0.4, -0.2) is 49.7 Å². The Hall–Kier alpha value is -1.10. The highest BCUT2D eigenvalue weighted by atomic mass is 16.5. The number of likely N-dealkylation sites (tertiary alicyclic amines) is 1. The number of ether oxygens (including phenoxy) is 2. The van der Waals surface area contributed by atoms with Gasteiger partial charge in [-0.25, -0.2) is 4.79 Å². The Morgan fingerprint density at radius 1 is 1.33 bits per heavy atom. The first kappa shape index (κ1) is 12.0. The predicted molar refractivity (Wildman–Crippen MR) is 53.2 cm³/mol. The molecule has 0 unspecified atom stereocenters. The van der Waals surface area contributed by atoms with Crippen molar-refractivity contribution in [3.8, 4) is 0 Å². The standard InChI is InChI=1S/C10H17NO4/c1-3-15-8-4-6-11(7-5-8)9(12)10(13)14-2/h8H,3-7H2,1-2H3. The molecular formula is C10H17NO4. The second kappa shape index (κ2) is 5.70. The molecule has 0 spiro atoms. The summed E-state index contributed by atoms with van der Waals surface area (Å²) in [4.78, 5) is 23.9. The first-order valence-corrected chi connectivity index (χ1v) is 5.17. The van der Waals surface area contributed by atoms with Gasteiger partial charge in [0, 0.05) is 19.7 Å². The van der Waals surface area contributed by atoms with Crippen LogP contribution in [0.2, 0.25) is 0 Å². The number of carbonyl (C=O) groups excluding carboxylic acids is 2. The molecule has 86 valence electrons. The van der Waals surface area contributed by atoms with Crippen molar-refractivity contribution in [3.05, 3.63) is 0 Å². The highest BCUT2D eigenvalue weighted by Crippen LogP contribution is 2.13. The maximum absolute atomic E-state index is 11.4. The van der Waals surface area contributed by atoms with E-state index in [-0.39, 0.29) is 6.10 Å². The van der Waals surface area contributed by atoms with E-state index in [2.05, 4.69) is 4.74 Å². The first-order chi connectivity index (χ1) is 7.19. The molecule has 0 bridgehead atoms. The first-order valence-electron chi connectivity index (χ1n) is 5.17. The van der Waals surface area contributed by atoms with E-state index in [0.717, 1.165) is 12.8 Å². The van der Waals surface area contributed by atoms with Crippen LogP contribution in [0.3, 0.4) is 0 Å². The largest absolute Gasteiger partial charge is 0.462 e. The summed E-state index contributed by atoms with van der Waals surface area (Å²) in [6, 6.07) is 0. The molecule has 0 aromatic heterocycles. The van der Waals surface area contributed by atoms with Gasteiger partial charge >= 0.3 is 11.9 Å². The van der Waals surface area contributed by atoms with Crippen LogP contribution < -0.4 is 0 Å². The summed E-state index contributed by atoms with van der Waals surface area (Å²) < 4.78 is 9.82. The third-order valence-electron chi connectivity index (χ3n) is 2.49. The minimum atomic E-state index is -0.787. The van der Waals surface area contributed by atoms with Crippen molar-refractivity contribution >= 4 is 11.9 Å². The maximum Gasteiger partial charge on any atom is 0.396 e. The van der Waals surface area contributed by atoms with Gasteiger partial charge in [0.05, 0.1) is 13.2 Å². The number of hydrogen-bond acceptors (Lipinski definition) is 4. The summed E-state index contributed by atoms with van der Waals surface area (Å²) in [5.41, 5.74) is 0. The third kappa shape index (κ3) is 3.20. The fourth-order valence-corrected chi connectivity index (χ4v) is 1.68. The predicted octanol–water partition coefficient (Wildman–Crippen LogP) is 0.187. The van der Waals surface area contributed by atoms with Crippen LogP contribution in [0.15, 0.2) is 0 Å². The van der Waals surface area contributed by atoms with Crippen molar-refractivity contribution < 1.29 is 19.1 Å². The molecule has 1 heterocycles. The molecule has 0 N–H and O–H groups in total.